The standard InChI is InChI=1S/C42H60BrN3O9/c1-29(10-8-22-41(2,3)49)35-18-19-36-31(11-9-23-42(35,36)4)13-14-32-26-34(55-40(48)28-43)17-15-30(32)21-25-54-39(47)12-6-5-7-24-44-37-20-16-33(45(50)51)27-38(37)46(52)53/h13-14,16,20-21,27,29,34-36,44,49H,5-12,15,17-19,22-26,28H2,1-4H3/b30-21+,31-13+,32-14-/t29-,34+,35-,36?,42-/m1/s1. The lowest BCUT2D eigenvalue weighted by Gasteiger charge is -2.44. The third-order valence-corrected chi connectivity index (χ3v) is 12.5. The number of nitro groups is 2. The molecule has 0 saturated heterocycles. The number of carbonyl (C=O) groups excluding carboxylic acids is 2. The van der Waals surface area contributed by atoms with Crippen LogP contribution in [0.15, 0.2) is 53.1 Å². The molecule has 4 rings (SSSR count). The number of nitrogens with one attached hydrogen (secondary N) is 1. The predicted molar refractivity (Wildman–Crippen MR) is 217 cm³/mol. The molecule has 0 aromatic heterocycles. The first-order valence-electron chi connectivity index (χ1n) is 20.0. The van der Waals surface area contributed by atoms with Gasteiger partial charge in [0.25, 0.3) is 11.4 Å². The predicted octanol–water partition coefficient (Wildman–Crippen LogP) is 10.1. The van der Waals surface area contributed by atoms with Crippen molar-refractivity contribution in [3.05, 3.63) is 73.4 Å². The number of aliphatic hydroxyl groups is 1. The van der Waals surface area contributed by atoms with Crippen LogP contribution in [-0.4, -0.2) is 57.1 Å². The zero-order chi connectivity index (χ0) is 40.2. The Kier molecular flexibility index (Phi) is 16.5. The van der Waals surface area contributed by atoms with Gasteiger partial charge in [0.2, 0.25) is 0 Å². The number of ether oxygens (including phenoxy) is 2. The van der Waals surface area contributed by atoms with Gasteiger partial charge in [-0.3, -0.25) is 29.8 Å². The molecule has 3 fully saturated rings. The molecule has 3 saturated carbocycles. The fourth-order valence-corrected chi connectivity index (χ4v) is 9.33. The van der Waals surface area contributed by atoms with Crippen LogP contribution in [0.3, 0.4) is 0 Å². The summed E-state index contributed by atoms with van der Waals surface area (Å²) in [5.41, 5.74) is 2.92. The quantitative estimate of drug-likeness (QED) is 0.0450. The number of esters is 2. The zero-order valence-corrected chi connectivity index (χ0v) is 34.6. The minimum atomic E-state index is -0.669. The minimum Gasteiger partial charge on any atom is -0.461 e. The van der Waals surface area contributed by atoms with Gasteiger partial charge < -0.3 is 19.9 Å². The maximum atomic E-state index is 12.6. The van der Waals surface area contributed by atoms with Crippen LogP contribution in [0.1, 0.15) is 124 Å². The lowest BCUT2D eigenvalue weighted by Crippen LogP contribution is -2.36. The fourth-order valence-electron chi connectivity index (χ4n) is 9.20. The molecule has 0 amide bonds. The molecular formula is C42H60BrN3O9. The van der Waals surface area contributed by atoms with Crippen molar-refractivity contribution in [1.29, 1.82) is 0 Å². The number of nitrogens with zero attached hydrogens (tertiary/aromatic N) is 2. The second kappa shape index (κ2) is 20.5. The molecule has 0 spiro atoms. The number of carbonyl (C=O) groups is 2. The lowest BCUT2D eigenvalue weighted by atomic mass is 9.60. The number of halogens is 1. The monoisotopic (exact) mass is 829 g/mol. The SMILES string of the molecule is C[C@H](CCCC(C)(C)O)[C@H]1CCC2/C(=C/C=C3/C[C@@H](OC(=O)CBr)CC/C3=C\COC(=O)CCCCCNc3ccc([N+](=O)[O-])cc3[N+](=O)[O-])CCC[C@@]21C. The summed E-state index contributed by atoms with van der Waals surface area (Å²) in [4.78, 5) is 45.7. The first-order chi connectivity index (χ1) is 26.1. The van der Waals surface area contributed by atoms with Crippen molar-refractivity contribution in [2.24, 2.45) is 23.2 Å². The first kappa shape index (κ1) is 44.1. The number of alkyl halides is 1. The van der Waals surface area contributed by atoms with Crippen LogP contribution in [0.2, 0.25) is 0 Å². The van der Waals surface area contributed by atoms with E-state index in [-0.39, 0.29) is 58.9 Å². The summed E-state index contributed by atoms with van der Waals surface area (Å²) in [6, 6.07) is 3.50. The highest BCUT2D eigenvalue weighted by Crippen LogP contribution is 2.60. The highest BCUT2D eigenvalue weighted by molar-refractivity contribution is 9.09. The van der Waals surface area contributed by atoms with Crippen LogP contribution in [0.5, 0.6) is 0 Å². The number of allylic oxidation sites excluding steroid dienone is 4. The maximum absolute atomic E-state index is 12.6. The van der Waals surface area contributed by atoms with E-state index in [1.165, 1.54) is 43.4 Å². The summed E-state index contributed by atoms with van der Waals surface area (Å²) < 4.78 is 11.3. The number of unbranched alkanes of at least 4 members (excludes halogenated alkanes) is 2. The molecule has 2 N–H and O–H groups in total. The molecule has 12 nitrogen and oxygen atoms in total. The molecule has 1 unspecified atom stereocenters. The molecule has 0 radical (unpaired) electrons. The van der Waals surface area contributed by atoms with E-state index in [4.69, 9.17) is 9.47 Å². The highest BCUT2D eigenvalue weighted by Gasteiger charge is 2.50. The molecular weight excluding hydrogens is 770 g/mol. The molecule has 3 aliphatic rings. The largest absolute Gasteiger partial charge is 0.461 e. The summed E-state index contributed by atoms with van der Waals surface area (Å²) in [6.07, 6.45) is 19.6. The summed E-state index contributed by atoms with van der Waals surface area (Å²) in [7, 11) is 0. The van der Waals surface area contributed by atoms with Gasteiger partial charge in [-0.25, -0.2) is 0 Å². The third-order valence-electron chi connectivity index (χ3n) is 12.0. The molecule has 0 bridgehead atoms. The summed E-state index contributed by atoms with van der Waals surface area (Å²) in [6.45, 7) is 9.28. The van der Waals surface area contributed by atoms with E-state index in [0.717, 1.165) is 49.3 Å². The van der Waals surface area contributed by atoms with Crippen LogP contribution in [0, 0.1) is 43.4 Å². The molecule has 55 heavy (non-hydrogen) atoms. The first-order valence-corrected chi connectivity index (χ1v) is 21.1. The van der Waals surface area contributed by atoms with E-state index in [9.17, 15) is 34.9 Å². The van der Waals surface area contributed by atoms with Gasteiger partial charge in [-0.15, -0.1) is 0 Å². The van der Waals surface area contributed by atoms with Crippen LogP contribution in [-0.2, 0) is 19.1 Å². The molecule has 0 heterocycles. The summed E-state index contributed by atoms with van der Waals surface area (Å²) in [5, 5.41) is 35.7. The smallest absolute Gasteiger partial charge is 0.316 e. The third kappa shape index (κ3) is 13.0. The van der Waals surface area contributed by atoms with E-state index in [1.54, 1.807) is 0 Å². The molecule has 0 aliphatic heterocycles. The average Bonchev–Trinajstić information content (AvgIpc) is 3.49. The van der Waals surface area contributed by atoms with Crippen molar-refractivity contribution in [2.75, 3.05) is 23.8 Å². The molecule has 3 aliphatic carbocycles. The van der Waals surface area contributed by atoms with Gasteiger partial charge in [-0.05, 0) is 125 Å². The van der Waals surface area contributed by atoms with Crippen LogP contribution in [0.25, 0.3) is 0 Å². The maximum Gasteiger partial charge on any atom is 0.316 e. The van der Waals surface area contributed by atoms with Crippen molar-refractivity contribution in [3.8, 4) is 0 Å². The second-order valence-corrected chi connectivity index (χ2v) is 17.1. The number of rotatable bonds is 19. The molecule has 5 atom stereocenters. The fraction of sp³-hybridized carbons (Fsp3) is 0.667. The zero-order valence-electron chi connectivity index (χ0n) is 33.0. The highest BCUT2D eigenvalue weighted by atomic mass is 79.9. The second-order valence-electron chi connectivity index (χ2n) is 16.6. The van der Waals surface area contributed by atoms with Crippen molar-refractivity contribution >= 4 is 44.9 Å². The Morgan fingerprint density at radius 1 is 1.05 bits per heavy atom. The topological polar surface area (TPSA) is 171 Å². The van der Waals surface area contributed by atoms with E-state index >= 15 is 0 Å². The summed E-state index contributed by atoms with van der Waals surface area (Å²) in [5.74, 6) is 1.27. The van der Waals surface area contributed by atoms with Crippen molar-refractivity contribution < 1.29 is 34.0 Å². The Labute approximate surface area is 334 Å². The van der Waals surface area contributed by atoms with E-state index < -0.39 is 15.4 Å². The van der Waals surface area contributed by atoms with Crippen LogP contribution in [0.4, 0.5) is 17.1 Å². The van der Waals surface area contributed by atoms with E-state index in [0.29, 0.717) is 56.4 Å². The normalized spacial score (nSPS) is 25.4. The number of non-ortho nitro benzene ring substituents is 1. The average molecular weight is 831 g/mol. The number of nitro benzene ring substituents is 2. The number of hydrogen-bond acceptors (Lipinski definition) is 10. The number of benzene rings is 1. The van der Waals surface area contributed by atoms with Crippen molar-refractivity contribution in [3.63, 3.8) is 0 Å². The van der Waals surface area contributed by atoms with Crippen molar-refractivity contribution in [1.82, 2.24) is 0 Å². The Morgan fingerprint density at radius 2 is 1.84 bits per heavy atom. The Hall–Kier alpha value is -3.58. The van der Waals surface area contributed by atoms with Gasteiger partial charge in [0.1, 0.15) is 23.7 Å². The number of anilines is 1. The molecule has 304 valence electrons. The molecule has 1 aromatic carbocycles. The van der Waals surface area contributed by atoms with Crippen LogP contribution < -0.4 is 5.32 Å². The minimum absolute atomic E-state index is 0.154. The van der Waals surface area contributed by atoms with Crippen LogP contribution >= 0.6 is 15.9 Å². The Balaban J connectivity index is 1.31. The summed E-state index contributed by atoms with van der Waals surface area (Å²) >= 11 is 3.21. The number of fused-ring (bicyclic) bond motifs is 1. The molecule has 13 heteroatoms. The number of hydrogen-bond donors (Lipinski definition) is 2. The lowest BCUT2D eigenvalue weighted by molar-refractivity contribution is -0.393. The molecule has 1 aromatic rings. The van der Waals surface area contributed by atoms with Gasteiger partial charge in [-0.1, -0.05) is 66.8 Å². The Bertz CT molecular complexity index is 1620. The van der Waals surface area contributed by atoms with Gasteiger partial charge >= 0.3 is 11.9 Å². The van der Waals surface area contributed by atoms with E-state index in [1.807, 2.05) is 19.9 Å². The van der Waals surface area contributed by atoms with E-state index in [2.05, 4.69) is 47.2 Å². The Morgan fingerprint density at radius 3 is 2.55 bits per heavy atom. The van der Waals surface area contributed by atoms with Crippen molar-refractivity contribution in [2.45, 2.75) is 136 Å². The van der Waals surface area contributed by atoms with Gasteiger partial charge in [0, 0.05) is 25.5 Å². The van der Waals surface area contributed by atoms with Gasteiger partial charge in [0.05, 0.1) is 21.5 Å². The van der Waals surface area contributed by atoms with Gasteiger partial charge in [0.15, 0.2) is 0 Å². The van der Waals surface area contributed by atoms with Gasteiger partial charge in [-0.2, -0.15) is 0 Å².